The van der Waals surface area contributed by atoms with Crippen molar-refractivity contribution in [1.82, 2.24) is 10.3 Å². The molecular formula is C14H25N3O. The Morgan fingerprint density at radius 1 is 1.33 bits per heavy atom. The Kier molecular flexibility index (Phi) is 6.09. The molecule has 1 aromatic heterocycles. The van der Waals surface area contributed by atoms with Crippen LogP contribution in [0.2, 0.25) is 0 Å². The van der Waals surface area contributed by atoms with Gasteiger partial charge in [0, 0.05) is 25.7 Å². The standard InChI is InChI=1S/C14H25N3O/c1-11(2)17(8-9-18-5)13-6-7-14(16-10-13)12(3)15-4/h6-7,10-12,15H,8-9H2,1-5H3. The van der Waals surface area contributed by atoms with Gasteiger partial charge in [-0.3, -0.25) is 4.98 Å². The fourth-order valence-corrected chi connectivity index (χ4v) is 1.85. The molecule has 0 saturated heterocycles. The van der Waals surface area contributed by atoms with Crippen molar-refractivity contribution in [2.75, 3.05) is 32.2 Å². The number of anilines is 1. The van der Waals surface area contributed by atoms with E-state index in [0.717, 1.165) is 24.5 Å². The maximum atomic E-state index is 5.15. The van der Waals surface area contributed by atoms with Gasteiger partial charge >= 0.3 is 0 Å². The second-order valence-corrected chi connectivity index (χ2v) is 4.73. The number of hydrogen-bond donors (Lipinski definition) is 1. The lowest BCUT2D eigenvalue weighted by atomic mass is 10.2. The van der Waals surface area contributed by atoms with Crippen molar-refractivity contribution in [3.8, 4) is 0 Å². The van der Waals surface area contributed by atoms with E-state index in [1.54, 1.807) is 7.11 Å². The van der Waals surface area contributed by atoms with Gasteiger partial charge in [0.2, 0.25) is 0 Å². The quantitative estimate of drug-likeness (QED) is 0.806. The Hall–Kier alpha value is -1.13. The molecule has 1 rings (SSSR count). The predicted molar refractivity (Wildman–Crippen MR) is 76.1 cm³/mol. The average molecular weight is 251 g/mol. The highest BCUT2D eigenvalue weighted by Gasteiger charge is 2.11. The summed E-state index contributed by atoms with van der Waals surface area (Å²) in [6, 6.07) is 4.94. The molecule has 1 unspecified atom stereocenters. The van der Waals surface area contributed by atoms with Crippen molar-refractivity contribution in [1.29, 1.82) is 0 Å². The number of aromatic nitrogens is 1. The fraction of sp³-hybridized carbons (Fsp3) is 0.643. The Labute approximate surface area is 110 Å². The summed E-state index contributed by atoms with van der Waals surface area (Å²) in [5.74, 6) is 0. The maximum Gasteiger partial charge on any atom is 0.0637 e. The number of hydrogen-bond acceptors (Lipinski definition) is 4. The second-order valence-electron chi connectivity index (χ2n) is 4.73. The molecule has 0 aliphatic heterocycles. The third-order valence-electron chi connectivity index (χ3n) is 3.14. The summed E-state index contributed by atoms with van der Waals surface area (Å²) in [7, 11) is 3.67. The average Bonchev–Trinajstić information content (AvgIpc) is 2.38. The van der Waals surface area contributed by atoms with E-state index in [4.69, 9.17) is 4.74 Å². The first kappa shape index (κ1) is 14.9. The first-order chi connectivity index (χ1) is 8.60. The molecule has 0 aliphatic rings. The Morgan fingerprint density at radius 2 is 2.06 bits per heavy atom. The van der Waals surface area contributed by atoms with Gasteiger partial charge in [-0.25, -0.2) is 0 Å². The van der Waals surface area contributed by atoms with E-state index in [0.29, 0.717) is 6.04 Å². The largest absolute Gasteiger partial charge is 0.383 e. The number of methoxy groups -OCH3 is 1. The summed E-state index contributed by atoms with van der Waals surface area (Å²) in [4.78, 5) is 6.81. The van der Waals surface area contributed by atoms with E-state index in [9.17, 15) is 0 Å². The minimum Gasteiger partial charge on any atom is -0.383 e. The van der Waals surface area contributed by atoms with Crippen LogP contribution in [0, 0.1) is 0 Å². The zero-order chi connectivity index (χ0) is 13.5. The van der Waals surface area contributed by atoms with Gasteiger partial charge in [-0.2, -0.15) is 0 Å². The van der Waals surface area contributed by atoms with Crippen LogP contribution in [-0.4, -0.2) is 38.3 Å². The van der Waals surface area contributed by atoms with Gasteiger partial charge in [-0.05, 0) is 40.0 Å². The Morgan fingerprint density at radius 3 is 2.50 bits per heavy atom. The topological polar surface area (TPSA) is 37.4 Å². The third-order valence-corrected chi connectivity index (χ3v) is 3.14. The fourth-order valence-electron chi connectivity index (χ4n) is 1.85. The van der Waals surface area contributed by atoms with Crippen LogP contribution in [0.4, 0.5) is 5.69 Å². The molecule has 4 heteroatoms. The van der Waals surface area contributed by atoms with E-state index in [-0.39, 0.29) is 6.04 Å². The van der Waals surface area contributed by atoms with Crippen molar-refractivity contribution in [2.24, 2.45) is 0 Å². The minimum atomic E-state index is 0.283. The van der Waals surface area contributed by atoms with Gasteiger partial charge < -0.3 is 15.0 Å². The first-order valence-electron chi connectivity index (χ1n) is 6.49. The van der Waals surface area contributed by atoms with Crippen LogP contribution < -0.4 is 10.2 Å². The van der Waals surface area contributed by atoms with Gasteiger partial charge in [0.25, 0.3) is 0 Å². The molecule has 1 atom stereocenters. The normalized spacial score (nSPS) is 12.8. The molecule has 1 aromatic rings. The Balaban J connectivity index is 2.80. The van der Waals surface area contributed by atoms with Crippen LogP contribution >= 0.6 is 0 Å². The van der Waals surface area contributed by atoms with Crippen LogP contribution in [0.5, 0.6) is 0 Å². The molecule has 102 valence electrons. The first-order valence-corrected chi connectivity index (χ1v) is 6.49. The van der Waals surface area contributed by atoms with Crippen molar-refractivity contribution in [3.63, 3.8) is 0 Å². The summed E-state index contributed by atoms with van der Waals surface area (Å²) in [6.45, 7) is 8.08. The van der Waals surface area contributed by atoms with Gasteiger partial charge in [-0.1, -0.05) is 0 Å². The van der Waals surface area contributed by atoms with Gasteiger partial charge in [0.1, 0.15) is 0 Å². The van der Waals surface area contributed by atoms with Crippen LogP contribution in [0.15, 0.2) is 18.3 Å². The molecule has 0 aromatic carbocycles. The van der Waals surface area contributed by atoms with E-state index < -0.39 is 0 Å². The molecule has 18 heavy (non-hydrogen) atoms. The molecule has 0 fully saturated rings. The molecule has 1 heterocycles. The van der Waals surface area contributed by atoms with E-state index in [2.05, 4.69) is 48.1 Å². The smallest absolute Gasteiger partial charge is 0.0637 e. The Bertz CT molecular complexity index is 337. The van der Waals surface area contributed by atoms with E-state index >= 15 is 0 Å². The minimum absolute atomic E-state index is 0.283. The highest BCUT2D eigenvalue weighted by atomic mass is 16.5. The van der Waals surface area contributed by atoms with Crippen molar-refractivity contribution >= 4 is 5.69 Å². The molecule has 1 N–H and O–H groups in total. The van der Waals surface area contributed by atoms with Crippen molar-refractivity contribution in [2.45, 2.75) is 32.9 Å². The molecule has 0 saturated carbocycles. The molecule has 0 radical (unpaired) electrons. The molecular weight excluding hydrogens is 226 g/mol. The summed E-state index contributed by atoms with van der Waals surface area (Å²) < 4.78 is 5.15. The highest BCUT2D eigenvalue weighted by molar-refractivity contribution is 5.45. The summed E-state index contributed by atoms with van der Waals surface area (Å²) in [5.41, 5.74) is 2.21. The molecule has 0 amide bonds. The van der Waals surface area contributed by atoms with Crippen LogP contribution in [0.1, 0.15) is 32.5 Å². The van der Waals surface area contributed by atoms with Crippen molar-refractivity contribution < 1.29 is 4.74 Å². The number of ether oxygens (including phenoxy) is 1. The predicted octanol–water partition coefficient (Wildman–Crippen LogP) is 2.22. The monoisotopic (exact) mass is 251 g/mol. The summed E-state index contributed by atoms with van der Waals surface area (Å²) >= 11 is 0. The summed E-state index contributed by atoms with van der Waals surface area (Å²) in [6.07, 6.45) is 1.94. The number of nitrogens with one attached hydrogen (secondary N) is 1. The van der Waals surface area contributed by atoms with Crippen LogP contribution in [0.25, 0.3) is 0 Å². The molecule has 4 nitrogen and oxygen atoms in total. The second kappa shape index (κ2) is 7.34. The van der Waals surface area contributed by atoms with Gasteiger partial charge in [0.15, 0.2) is 0 Å². The third kappa shape index (κ3) is 3.96. The van der Waals surface area contributed by atoms with Crippen molar-refractivity contribution in [3.05, 3.63) is 24.0 Å². The van der Waals surface area contributed by atoms with Crippen LogP contribution in [0.3, 0.4) is 0 Å². The molecule has 0 spiro atoms. The molecule has 0 aliphatic carbocycles. The summed E-state index contributed by atoms with van der Waals surface area (Å²) in [5, 5.41) is 3.19. The zero-order valence-corrected chi connectivity index (χ0v) is 12.1. The lowest BCUT2D eigenvalue weighted by Gasteiger charge is -2.28. The SMILES string of the molecule is CNC(C)c1ccc(N(CCOC)C(C)C)cn1. The lowest BCUT2D eigenvalue weighted by molar-refractivity contribution is 0.204. The maximum absolute atomic E-state index is 5.15. The highest BCUT2D eigenvalue weighted by Crippen LogP contribution is 2.18. The number of nitrogens with zero attached hydrogens (tertiary/aromatic N) is 2. The van der Waals surface area contributed by atoms with Crippen LogP contribution in [-0.2, 0) is 4.74 Å². The molecule has 0 bridgehead atoms. The number of rotatable bonds is 7. The van der Waals surface area contributed by atoms with E-state index in [1.165, 1.54) is 0 Å². The van der Waals surface area contributed by atoms with Gasteiger partial charge in [-0.15, -0.1) is 0 Å². The van der Waals surface area contributed by atoms with E-state index in [1.807, 2.05) is 13.2 Å². The zero-order valence-electron chi connectivity index (χ0n) is 12.1. The lowest BCUT2D eigenvalue weighted by Crippen LogP contribution is -2.33. The van der Waals surface area contributed by atoms with Gasteiger partial charge in [0.05, 0.1) is 24.2 Å². The number of pyridine rings is 1.